The quantitative estimate of drug-likeness (QED) is 0.185. The molecule has 7 rings (SSSR count). The fourth-order valence-corrected chi connectivity index (χ4v) is 10.9. The third kappa shape index (κ3) is 10.3. The van der Waals surface area contributed by atoms with Gasteiger partial charge >= 0.3 is 12.3 Å². The SMILES string of the molecule is CC[C@@H]1C[C@H](C)CC/C=C\C2C[C@@]2(C(=O)NS(=O)(=O)C2CC2)NC(=O)[C@@H]2C[C@@H](Oc3cc(-c4ncc(C)s4)nc(-c4ncc(C)s4)c3)CN2C(=O)[C@H]1NC(=O)OC(C)(C)C(F)(F)F. The van der Waals surface area contributed by atoms with Gasteiger partial charge in [0.1, 0.15) is 50.9 Å². The van der Waals surface area contributed by atoms with Gasteiger partial charge in [0.15, 0.2) is 0 Å². The lowest BCUT2D eigenvalue weighted by atomic mass is 9.85. The average molecular weight is 936 g/mol. The standard InChI is InChI=1S/C42H52F3N7O8S3/c1-7-25-14-22(2)10-8-9-11-26-18-41(26,38(55)51-63(57,58)29-12-13-29)50-34(53)32-17-28(21-52(32)37(54)33(25)49-39(56)60-40(5,6)42(43,44)45)59-27-15-30(35-46-19-23(3)61-35)48-31(16-27)36-47-20-24(4)62-36/h9,11,15-16,19-20,22,25-26,28-29,32-33H,7-8,10,12-14,17-18,21H2,1-6H3,(H,49,56)(H,50,53)(H,51,55)/b11-9-/t22-,25-,26?,28-,32+,33+,41-/m1/s1. The lowest BCUT2D eigenvalue weighted by Crippen LogP contribution is -2.59. The molecular weight excluding hydrogens is 884 g/mol. The number of carbonyl (C=O) groups is 4. The van der Waals surface area contributed by atoms with Crippen molar-refractivity contribution >= 4 is 56.5 Å². The minimum absolute atomic E-state index is 0.0380. The second-order valence-electron chi connectivity index (χ2n) is 17.6. The smallest absolute Gasteiger partial charge is 0.427 e. The number of allylic oxidation sites excluding steroid dienone is 1. The number of nitrogens with zero attached hydrogens (tertiary/aromatic N) is 4. The van der Waals surface area contributed by atoms with Crippen LogP contribution in [0.2, 0.25) is 0 Å². The first-order chi connectivity index (χ1) is 29.6. The lowest BCUT2D eigenvalue weighted by molar-refractivity contribution is -0.244. The van der Waals surface area contributed by atoms with E-state index in [1.165, 1.54) is 27.6 Å². The number of halogens is 3. The first kappa shape index (κ1) is 46.4. The van der Waals surface area contributed by atoms with Crippen LogP contribution in [0.25, 0.3) is 21.4 Å². The molecule has 0 radical (unpaired) electrons. The van der Waals surface area contributed by atoms with Crippen LogP contribution in [0.3, 0.4) is 0 Å². The number of amides is 4. The predicted octanol–water partition coefficient (Wildman–Crippen LogP) is 6.62. The molecule has 1 saturated heterocycles. The van der Waals surface area contributed by atoms with Crippen LogP contribution in [-0.4, -0.2) is 99.4 Å². The zero-order chi connectivity index (χ0) is 45.6. The summed E-state index contributed by atoms with van der Waals surface area (Å²) in [5.41, 5.74) is -3.53. The Morgan fingerprint density at radius 2 is 1.65 bits per heavy atom. The fraction of sp³-hybridized carbons (Fsp3) is 0.595. The highest BCUT2D eigenvalue weighted by atomic mass is 32.2. The number of aromatic nitrogens is 3. The Labute approximate surface area is 372 Å². The number of hydrogen-bond acceptors (Lipinski definition) is 13. The molecule has 15 nitrogen and oxygen atoms in total. The molecule has 7 atom stereocenters. The predicted molar refractivity (Wildman–Crippen MR) is 229 cm³/mol. The van der Waals surface area contributed by atoms with Crippen LogP contribution >= 0.6 is 22.7 Å². The van der Waals surface area contributed by atoms with Crippen LogP contribution in [0.4, 0.5) is 18.0 Å². The molecule has 3 N–H and O–H groups in total. The van der Waals surface area contributed by atoms with Gasteiger partial charge in [0.2, 0.25) is 27.4 Å². The lowest BCUT2D eigenvalue weighted by Gasteiger charge is -2.35. The number of sulfonamides is 1. The van der Waals surface area contributed by atoms with Crippen LogP contribution < -0.4 is 20.1 Å². The Bertz CT molecular complexity index is 2320. The molecular formula is C42H52F3N7O8S3. The fourth-order valence-electron chi connectivity index (χ4n) is 8.09. The number of hydrogen-bond donors (Lipinski definition) is 3. The van der Waals surface area contributed by atoms with Crippen molar-refractivity contribution in [2.24, 2.45) is 17.8 Å². The first-order valence-electron chi connectivity index (χ1n) is 21.0. The number of alkyl halides is 3. The molecule has 3 aromatic heterocycles. The molecule has 342 valence electrons. The molecule has 21 heteroatoms. The molecule has 4 amide bonds. The Balaban J connectivity index is 1.25. The number of nitrogens with one attached hydrogen (secondary N) is 3. The molecule has 0 spiro atoms. The molecule has 0 bridgehead atoms. The zero-order valence-corrected chi connectivity index (χ0v) is 38.2. The van der Waals surface area contributed by atoms with E-state index in [-0.39, 0.29) is 25.3 Å². The van der Waals surface area contributed by atoms with Gasteiger partial charge < -0.3 is 25.0 Å². The van der Waals surface area contributed by atoms with Crippen LogP contribution in [0, 0.1) is 31.6 Å². The van der Waals surface area contributed by atoms with Gasteiger partial charge in [-0.2, -0.15) is 13.2 Å². The van der Waals surface area contributed by atoms with E-state index in [4.69, 9.17) is 14.5 Å². The summed E-state index contributed by atoms with van der Waals surface area (Å²) in [7, 11) is -4.00. The summed E-state index contributed by atoms with van der Waals surface area (Å²) in [4.78, 5) is 73.9. The van der Waals surface area contributed by atoms with E-state index < -0.39 is 86.4 Å². The normalized spacial score (nSPS) is 27.5. The monoisotopic (exact) mass is 935 g/mol. The third-order valence-corrected chi connectivity index (χ3v) is 15.8. The second-order valence-corrected chi connectivity index (χ2v) is 22.0. The van der Waals surface area contributed by atoms with Crippen LogP contribution in [0.5, 0.6) is 5.75 Å². The maximum Gasteiger partial charge on any atom is 0.427 e. The molecule has 0 aromatic carbocycles. The van der Waals surface area contributed by atoms with Gasteiger partial charge in [0, 0.05) is 46.6 Å². The summed E-state index contributed by atoms with van der Waals surface area (Å²) in [6.07, 6.45) is 2.56. The van der Waals surface area contributed by atoms with Gasteiger partial charge in [-0.05, 0) is 78.1 Å². The largest absolute Gasteiger partial charge is 0.488 e. The molecule has 5 heterocycles. The van der Waals surface area contributed by atoms with E-state index in [0.29, 0.717) is 79.5 Å². The number of carbonyl (C=O) groups excluding carboxylic acids is 4. The molecule has 4 aliphatic rings. The number of fused-ring (bicyclic) bond motifs is 2. The summed E-state index contributed by atoms with van der Waals surface area (Å²) in [6.45, 7) is 8.79. The molecule has 3 fully saturated rings. The maximum atomic E-state index is 15.0. The summed E-state index contributed by atoms with van der Waals surface area (Å²) < 4.78 is 81.2. The highest BCUT2D eigenvalue weighted by molar-refractivity contribution is 7.91. The number of aryl methyl sites for hydroxylation is 2. The summed E-state index contributed by atoms with van der Waals surface area (Å²) in [5.74, 6) is -3.26. The van der Waals surface area contributed by atoms with Gasteiger partial charge in [-0.1, -0.05) is 32.4 Å². The van der Waals surface area contributed by atoms with E-state index >= 15 is 4.79 Å². The number of thiazole rings is 2. The Morgan fingerprint density at radius 3 is 2.21 bits per heavy atom. The Hall–Kier alpha value is -4.63. The van der Waals surface area contributed by atoms with Crippen molar-refractivity contribution in [1.29, 1.82) is 0 Å². The van der Waals surface area contributed by atoms with Crippen molar-refractivity contribution in [3.05, 3.63) is 46.4 Å². The molecule has 63 heavy (non-hydrogen) atoms. The minimum atomic E-state index is -4.92. The van der Waals surface area contributed by atoms with E-state index in [1.807, 2.05) is 26.8 Å². The highest BCUT2D eigenvalue weighted by Gasteiger charge is 2.62. The van der Waals surface area contributed by atoms with Crippen LogP contribution in [0.15, 0.2) is 36.7 Å². The van der Waals surface area contributed by atoms with Crippen LogP contribution in [0.1, 0.15) is 88.8 Å². The van der Waals surface area contributed by atoms with Gasteiger partial charge in [0.25, 0.3) is 5.91 Å². The van der Waals surface area contributed by atoms with Crippen molar-refractivity contribution in [3.8, 4) is 27.2 Å². The van der Waals surface area contributed by atoms with Crippen LogP contribution in [-0.2, 0) is 29.1 Å². The molecule has 2 aliphatic carbocycles. The third-order valence-electron chi connectivity index (χ3n) is 12.1. The van der Waals surface area contributed by atoms with E-state index in [1.54, 1.807) is 37.5 Å². The Kier molecular flexibility index (Phi) is 13.1. The second kappa shape index (κ2) is 17.7. The molecule has 2 aliphatic heterocycles. The number of ether oxygens (including phenoxy) is 2. The highest BCUT2D eigenvalue weighted by Crippen LogP contribution is 2.46. The number of pyridine rings is 1. The van der Waals surface area contributed by atoms with Gasteiger partial charge in [-0.25, -0.2) is 28.2 Å². The van der Waals surface area contributed by atoms with Crippen molar-refractivity contribution in [2.45, 2.75) is 134 Å². The molecule has 3 aromatic rings. The van der Waals surface area contributed by atoms with Crippen molar-refractivity contribution < 1.29 is 50.2 Å². The maximum absolute atomic E-state index is 15.0. The number of alkyl carbamates (subject to hydrolysis) is 1. The van der Waals surface area contributed by atoms with E-state index in [2.05, 4.69) is 25.3 Å². The number of rotatable bonds is 10. The topological polar surface area (TPSA) is 199 Å². The van der Waals surface area contributed by atoms with Gasteiger partial charge in [-0.15, -0.1) is 22.7 Å². The van der Waals surface area contributed by atoms with Crippen molar-refractivity contribution in [3.63, 3.8) is 0 Å². The summed E-state index contributed by atoms with van der Waals surface area (Å²) >= 11 is 2.85. The van der Waals surface area contributed by atoms with Gasteiger partial charge in [-0.3, -0.25) is 19.1 Å². The zero-order valence-electron chi connectivity index (χ0n) is 35.8. The Morgan fingerprint density at radius 1 is 1.02 bits per heavy atom. The van der Waals surface area contributed by atoms with Gasteiger partial charge in [0.05, 0.1) is 11.8 Å². The van der Waals surface area contributed by atoms with E-state index in [9.17, 15) is 36.0 Å². The first-order valence-corrected chi connectivity index (χ1v) is 24.2. The average Bonchev–Trinajstić information content (AvgIpc) is 4.02. The van der Waals surface area contributed by atoms with Crippen molar-refractivity contribution in [2.75, 3.05) is 6.54 Å². The van der Waals surface area contributed by atoms with E-state index in [0.717, 1.165) is 9.75 Å². The summed E-state index contributed by atoms with van der Waals surface area (Å²) in [6, 6.07) is 0.628. The summed E-state index contributed by atoms with van der Waals surface area (Å²) in [5, 5.41) is 5.81. The molecule has 1 unspecified atom stereocenters. The van der Waals surface area contributed by atoms with Crippen molar-refractivity contribution in [1.82, 2.24) is 35.2 Å². The minimum Gasteiger partial charge on any atom is -0.488 e. The molecule has 2 saturated carbocycles.